The summed E-state index contributed by atoms with van der Waals surface area (Å²) in [4.78, 5) is 25.9. The minimum Gasteiger partial charge on any atom is -0.493 e. The average molecular weight is 844 g/mol. The molecule has 0 saturated heterocycles. The van der Waals surface area contributed by atoms with E-state index in [4.69, 9.17) is 14.5 Å². The molecule has 322 valence electrons. The Balaban J connectivity index is 1.09. The van der Waals surface area contributed by atoms with Crippen molar-refractivity contribution in [3.05, 3.63) is 184 Å². The van der Waals surface area contributed by atoms with E-state index in [1.165, 1.54) is 22.3 Å². The Labute approximate surface area is 379 Å². The monoisotopic (exact) mass is 843 g/mol. The maximum Gasteiger partial charge on any atom is 0.153 e. The molecule has 0 fully saturated rings. The normalized spacial score (nSPS) is 11.5. The molecule has 0 unspecified atom stereocenters. The van der Waals surface area contributed by atoms with E-state index in [9.17, 15) is 4.79 Å². The number of carbonyl (C=O) groups is 1. The van der Waals surface area contributed by atoms with E-state index in [-0.39, 0.29) is 0 Å². The number of aryl methyl sites for hydroxylation is 2. The lowest BCUT2D eigenvalue weighted by Crippen LogP contribution is -2.02. The Morgan fingerprint density at radius 2 is 0.891 bits per heavy atom. The summed E-state index contributed by atoms with van der Waals surface area (Å²) in [5.74, 6) is 1.26. The van der Waals surface area contributed by atoms with Crippen LogP contribution in [-0.2, 0) is 12.8 Å². The molecular weight excluding hydrogens is 787 g/mol. The molecule has 0 spiro atoms. The van der Waals surface area contributed by atoms with Gasteiger partial charge in [-0.05, 0) is 124 Å². The zero-order valence-corrected chi connectivity index (χ0v) is 37.5. The molecule has 0 aliphatic heterocycles. The van der Waals surface area contributed by atoms with Crippen molar-refractivity contribution in [2.75, 3.05) is 13.2 Å². The summed E-state index contributed by atoms with van der Waals surface area (Å²) in [7, 11) is 0. The van der Waals surface area contributed by atoms with Gasteiger partial charge in [0.05, 0.1) is 41.6 Å². The van der Waals surface area contributed by atoms with Crippen LogP contribution in [0.1, 0.15) is 108 Å². The van der Waals surface area contributed by atoms with Gasteiger partial charge in [-0.25, -0.2) is 4.98 Å². The summed E-state index contributed by atoms with van der Waals surface area (Å²) in [6.07, 6.45) is 23.4. The third-order valence-corrected chi connectivity index (χ3v) is 10.9. The van der Waals surface area contributed by atoms with Crippen LogP contribution in [0.4, 0.5) is 0 Å². The fraction of sp³-hybridized carbons (Fsp3) is 0.207. The molecule has 7 aromatic rings. The van der Waals surface area contributed by atoms with E-state index in [1.54, 1.807) is 18.5 Å². The Morgan fingerprint density at radius 1 is 0.438 bits per heavy atom. The second-order valence-electron chi connectivity index (χ2n) is 15.8. The second kappa shape index (κ2) is 22.8. The van der Waals surface area contributed by atoms with Gasteiger partial charge in [-0.2, -0.15) is 0 Å². The summed E-state index contributed by atoms with van der Waals surface area (Å²) in [6.45, 7) is 9.72. The Morgan fingerprint density at radius 3 is 1.33 bits per heavy atom. The van der Waals surface area contributed by atoms with Crippen molar-refractivity contribution >= 4 is 42.7 Å². The van der Waals surface area contributed by atoms with E-state index < -0.39 is 0 Å². The lowest BCUT2D eigenvalue weighted by atomic mass is 9.92. The van der Waals surface area contributed by atoms with E-state index >= 15 is 0 Å². The van der Waals surface area contributed by atoms with Gasteiger partial charge in [-0.15, -0.1) is 0 Å². The Kier molecular flexibility index (Phi) is 16.0. The first-order chi connectivity index (χ1) is 31.5. The Bertz CT molecular complexity index is 2640. The molecule has 0 saturated carbocycles. The van der Waals surface area contributed by atoms with Crippen molar-refractivity contribution in [1.29, 1.82) is 0 Å². The molecular formula is C58H57N3O3. The third kappa shape index (κ3) is 11.8. The molecule has 6 heteroatoms. The first kappa shape index (κ1) is 44.9. The highest BCUT2D eigenvalue weighted by molar-refractivity contribution is 5.84. The first-order valence-corrected chi connectivity index (χ1v) is 22.6. The van der Waals surface area contributed by atoms with Gasteiger partial charge in [0.15, 0.2) is 6.29 Å². The van der Waals surface area contributed by atoms with Crippen LogP contribution in [0.2, 0.25) is 0 Å². The number of hydrogen-bond donors (Lipinski definition) is 0. The van der Waals surface area contributed by atoms with Gasteiger partial charge in [0.25, 0.3) is 0 Å². The zero-order chi connectivity index (χ0) is 44.5. The van der Waals surface area contributed by atoms with Crippen molar-refractivity contribution in [2.45, 2.75) is 66.2 Å². The predicted molar refractivity (Wildman–Crippen MR) is 267 cm³/mol. The van der Waals surface area contributed by atoms with Crippen LogP contribution in [0.25, 0.3) is 70.4 Å². The number of pyridine rings is 3. The largest absolute Gasteiger partial charge is 0.493 e. The highest BCUT2D eigenvalue weighted by Crippen LogP contribution is 2.32. The molecule has 7 rings (SSSR count). The highest BCUT2D eigenvalue weighted by Gasteiger charge is 2.13. The molecule has 6 nitrogen and oxygen atoms in total. The van der Waals surface area contributed by atoms with Gasteiger partial charge < -0.3 is 9.47 Å². The van der Waals surface area contributed by atoms with Crippen molar-refractivity contribution in [2.24, 2.45) is 0 Å². The molecule has 0 bridgehead atoms. The van der Waals surface area contributed by atoms with Gasteiger partial charge in [-0.1, -0.05) is 150 Å². The van der Waals surface area contributed by atoms with Gasteiger partial charge in [0, 0.05) is 18.0 Å². The van der Waals surface area contributed by atoms with Crippen LogP contribution in [0, 0.1) is 0 Å². The topological polar surface area (TPSA) is 74.2 Å². The van der Waals surface area contributed by atoms with Crippen LogP contribution in [-0.4, -0.2) is 34.5 Å². The van der Waals surface area contributed by atoms with E-state index in [0.717, 1.165) is 101 Å². The molecule has 0 radical (unpaired) electrons. The number of aldehydes is 1. The Hall–Kier alpha value is -7.18. The van der Waals surface area contributed by atoms with E-state index in [0.29, 0.717) is 30.3 Å². The number of nitrogens with zero attached hydrogens (tertiary/aromatic N) is 3. The number of ether oxygens (including phenoxy) is 2. The van der Waals surface area contributed by atoms with Gasteiger partial charge >= 0.3 is 0 Å². The van der Waals surface area contributed by atoms with Crippen LogP contribution in [0.15, 0.2) is 134 Å². The molecule has 3 heterocycles. The lowest BCUT2D eigenvalue weighted by molar-refractivity contribution is 0.111. The molecule has 0 N–H and O–H groups in total. The molecule has 3 aromatic heterocycles. The smallest absolute Gasteiger partial charge is 0.153 e. The quantitative estimate of drug-likeness (QED) is 0.0562. The predicted octanol–water partition coefficient (Wildman–Crippen LogP) is 14.7. The van der Waals surface area contributed by atoms with Crippen LogP contribution in [0.3, 0.4) is 0 Å². The van der Waals surface area contributed by atoms with Gasteiger partial charge in [-0.3, -0.25) is 14.8 Å². The van der Waals surface area contributed by atoms with Crippen LogP contribution < -0.4 is 9.47 Å². The van der Waals surface area contributed by atoms with E-state index in [2.05, 4.69) is 134 Å². The number of aromatic nitrogens is 3. The van der Waals surface area contributed by atoms with Crippen molar-refractivity contribution in [3.63, 3.8) is 0 Å². The lowest BCUT2D eigenvalue weighted by Gasteiger charge is -2.13. The van der Waals surface area contributed by atoms with E-state index in [1.807, 2.05) is 55.5 Å². The van der Waals surface area contributed by atoms with Gasteiger partial charge in [0.1, 0.15) is 11.5 Å². The second-order valence-corrected chi connectivity index (χ2v) is 15.8. The molecule has 64 heavy (non-hydrogen) atoms. The van der Waals surface area contributed by atoms with Gasteiger partial charge in [0.2, 0.25) is 0 Å². The van der Waals surface area contributed by atoms with Crippen molar-refractivity contribution in [3.8, 4) is 45.4 Å². The number of rotatable bonds is 20. The number of hydrogen-bond acceptors (Lipinski definition) is 6. The van der Waals surface area contributed by atoms with Crippen LogP contribution in [0.5, 0.6) is 11.5 Å². The molecule has 4 aromatic carbocycles. The summed E-state index contributed by atoms with van der Waals surface area (Å²) in [6, 6.07) is 41.7. The maximum atomic E-state index is 11.8. The van der Waals surface area contributed by atoms with Crippen molar-refractivity contribution in [1.82, 2.24) is 15.0 Å². The average Bonchev–Trinajstić information content (AvgIpc) is 3.35. The standard InChI is InChI=1S/C58H57N3O3/c1-5-13-46-36-49(29-24-44-21-26-45(27-22-44)51-37-55(53-15-9-11-31-59-53)61-56(38-51)54-16-10-12-32-60-54)47(14-6-2)35-48(46)28-23-42-17-19-43(20-18-42)25-30-50-39-58(64-34-8-4)52(41-62)40-57(50)63-33-7-3/h9-12,15-32,35-41H,5-8,13-14,33-34H2,1-4H3/b28-23+,29-24+,30-25+. The SMILES string of the molecule is CCCOc1cc(/C=C/c2ccc(/C=C/c3cc(CCC)c(/C=C/c4ccc(-c5cc(-c6ccccn6)nc(-c6ccccn6)c5)cc4)cc3CCC)cc2)c(OCCC)cc1C=O. The van der Waals surface area contributed by atoms with Crippen LogP contribution >= 0.6 is 0 Å². The summed E-state index contributed by atoms with van der Waals surface area (Å²) in [5, 5.41) is 0. The minimum absolute atomic E-state index is 0.500. The first-order valence-electron chi connectivity index (χ1n) is 22.6. The molecule has 0 amide bonds. The number of benzene rings is 4. The zero-order valence-electron chi connectivity index (χ0n) is 37.5. The number of carbonyl (C=O) groups excluding carboxylic acids is 1. The fourth-order valence-corrected chi connectivity index (χ4v) is 7.55. The summed E-state index contributed by atoms with van der Waals surface area (Å²) >= 11 is 0. The molecule has 0 atom stereocenters. The molecule has 0 aliphatic carbocycles. The van der Waals surface area contributed by atoms with Crippen molar-refractivity contribution < 1.29 is 14.3 Å². The fourth-order valence-electron chi connectivity index (χ4n) is 7.55. The maximum absolute atomic E-state index is 11.8. The summed E-state index contributed by atoms with van der Waals surface area (Å²) in [5.41, 5.74) is 15.4. The third-order valence-electron chi connectivity index (χ3n) is 10.9. The molecule has 0 aliphatic rings. The summed E-state index contributed by atoms with van der Waals surface area (Å²) < 4.78 is 11.9. The highest BCUT2D eigenvalue weighted by atomic mass is 16.5. The minimum atomic E-state index is 0.500.